The number of hydrogen-bond donors (Lipinski definition) is 3. The first-order chi connectivity index (χ1) is 10.2. The molecule has 1 aliphatic rings. The molecule has 1 amide bonds. The van der Waals surface area contributed by atoms with E-state index in [1.807, 2.05) is 16.8 Å². The first kappa shape index (κ1) is 14.3. The molecular formula is C15H19N3O2S. The highest BCUT2D eigenvalue weighted by Gasteiger charge is 2.34. The van der Waals surface area contributed by atoms with Gasteiger partial charge in [0.25, 0.3) is 5.91 Å². The van der Waals surface area contributed by atoms with Gasteiger partial charge in [0.1, 0.15) is 5.69 Å². The smallest absolute Gasteiger partial charge is 0.269 e. The van der Waals surface area contributed by atoms with Crippen LogP contribution in [0.5, 0.6) is 0 Å². The zero-order valence-electron chi connectivity index (χ0n) is 11.9. The van der Waals surface area contributed by atoms with E-state index in [1.54, 1.807) is 17.4 Å². The number of aliphatic hydroxyl groups is 1. The largest absolute Gasteiger partial charge is 0.393 e. The normalized spacial score (nSPS) is 22.6. The van der Waals surface area contributed by atoms with Gasteiger partial charge in [-0.25, -0.2) is 0 Å². The number of rotatable bonds is 5. The van der Waals surface area contributed by atoms with Gasteiger partial charge in [-0.3, -0.25) is 9.89 Å². The Morgan fingerprint density at radius 3 is 3.05 bits per heavy atom. The van der Waals surface area contributed by atoms with Crippen LogP contribution in [-0.4, -0.2) is 33.4 Å². The maximum absolute atomic E-state index is 12.3. The predicted molar refractivity (Wildman–Crippen MR) is 82.2 cm³/mol. The third kappa shape index (κ3) is 3.01. The zero-order valence-corrected chi connectivity index (χ0v) is 12.7. The fourth-order valence-electron chi connectivity index (χ4n) is 2.75. The molecule has 3 N–H and O–H groups in total. The molecule has 112 valence electrons. The number of aromatic nitrogens is 2. The van der Waals surface area contributed by atoms with Gasteiger partial charge < -0.3 is 10.4 Å². The van der Waals surface area contributed by atoms with Crippen LogP contribution in [0.25, 0.3) is 11.3 Å². The summed E-state index contributed by atoms with van der Waals surface area (Å²) >= 11 is 1.60. The minimum absolute atomic E-state index is 0.119. The quantitative estimate of drug-likeness (QED) is 0.794. The molecule has 0 bridgehead atoms. The maximum atomic E-state index is 12.3. The molecule has 2 aromatic heterocycles. The lowest BCUT2D eigenvalue weighted by Crippen LogP contribution is -2.46. The molecule has 1 saturated carbocycles. The highest BCUT2D eigenvalue weighted by atomic mass is 32.1. The summed E-state index contributed by atoms with van der Waals surface area (Å²) in [6, 6.07) is 3.88. The summed E-state index contributed by atoms with van der Waals surface area (Å²) in [6.07, 6.45) is 2.23. The lowest BCUT2D eigenvalue weighted by Gasteiger charge is -2.37. The molecule has 2 heterocycles. The Hall–Kier alpha value is -1.66. The number of aliphatic hydroxyl groups excluding tert-OH is 1. The van der Waals surface area contributed by atoms with Crippen molar-refractivity contribution in [3.05, 3.63) is 28.6 Å². The Bertz CT molecular complexity index is 602. The summed E-state index contributed by atoms with van der Waals surface area (Å²) in [5.41, 5.74) is 2.28. The molecular weight excluding hydrogens is 286 g/mol. The predicted octanol–water partition coefficient (Wildman–Crippen LogP) is 2.42. The third-order valence-corrected chi connectivity index (χ3v) is 4.80. The van der Waals surface area contributed by atoms with Crippen LogP contribution in [0.15, 0.2) is 22.9 Å². The van der Waals surface area contributed by atoms with Crippen molar-refractivity contribution in [3.63, 3.8) is 0 Å². The summed E-state index contributed by atoms with van der Waals surface area (Å²) in [6.45, 7) is 2.05. The Morgan fingerprint density at radius 1 is 1.62 bits per heavy atom. The Kier molecular flexibility index (Phi) is 4.07. The van der Waals surface area contributed by atoms with Crippen molar-refractivity contribution in [2.75, 3.05) is 0 Å². The summed E-state index contributed by atoms with van der Waals surface area (Å²) in [4.78, 5) is 12.3. The van der Waals surface area contributed by atoms with Crippen molar-refractivity contribution in [3.8, 4) is 11.3 Å². The molecule has 6 heteroatoms. The average molecular weight is 305 g/mol. The fraction of sp³-hybridized carbons (Fsp3) is 0.467. The molecule has 1 aliphatic carbocycles. The molecule has 0 unspecified atom stereocenters. The van der Waals surface area contributed by atoms with Gasteiger partial charge in [-0.05, 0) is 42.7 Å². The van der Waals surface area contributed by atoms with Crippen molar-refractivity contribution < 1.29 is 9.90 Å². The van der Waals surface area contributed by atoms with E-state index in [4.69, 9.17) is 0 Å². The number of aromatic amines is 1. The maximum Gasteiger partial charge on any atom is 0.269 e. The monoisotopic (exact) mass is 305 g/mol. The third-order valence-electron chi connectivity index (χ3n) is 4.11. The minimum Gasteiger partial charge on any atom is -0.393 e. The second kappa shape index (κ2) is 5.99. The number of nitrogens with zero attached hydrogens (tertiary/aromatic N) is 1. The number of carbonyl (C=O) groups is 1. The lowest BCUT2D eigenvalue weighted by molar-refractivity contribution is 0.0232. The van der Waals surface area contributed by atoms with E-state index in [1.165, 1.54) is 0 Å². The molecule has 0 spiro atoms. The second-order valence-corrected chi connectivity index (χ2v) is 6.33. The van der Waals surface area contributed by atoms with Crippen molar-refractivity contribution in [1.82, 2.24) is 15.5 Å². The molecule has 1 atom stereocenters. The number of carbonyl (C=O) groups excluding carboxylic acids is 1. The molecule has 2 aromatic rings. The van der Waals surface area contributed by atoms with Crippen LogP contribution in [0, 0.1) is 5.92 Å². The molecule has 0 aromatic carbocycles. The average Bonchev–Trinajstić information content (AvgIpc) is 3.10. The van der Waals surface area contributed by atoms with Gasteiger partial charge >= 0.3 is 0 Å². The van der Waals surface area contributed by atoms with Gasteiger partial charge in [0, 0.05) is 17.0 Å². The summed E-state index contributed by atoms with van der Waals surface area (Å²) in [7, 11) is 0. The van der Waals surface area contributed by atoms with E-state index in [0.29, 0.717) is 11.6 Å². The fourth-order valence-corrected chi connectivity index (χ4v) is 3.40. The van der Waals surface area contributed by atoms with Crippen LogP contribution < -0.4 is 5.32 Å². The van der Waals surface area contributed by atoms with E-state index < -0.39 is 0 Å². The van der Waals surface area contributed by atoms with E-state index in [2.05, 4.69) is 22.4 Å². The number of nitrogens with one attached hydrogen (secondary N) is 2. The van der Waals surface area contributed by atoms with Gasteiger partial charge in [-0.2, -0.15) is 16.4 Å². The Balaban J connectivity index is 1.65. The second-order valence-electron chi connectivity index (χ2n) is 5.55. The van der Waals surface area contributed by atoms with Crippen LogP contribution in [-0.2, 0) is 0 Å². The number of amides is 1. The van der Waals surface area contributed by atoms with Crippen LogP contribution in [0.2, 0.25) is 0 Å². The van der Waals surface area contributed by atoms with E-state index in [0.717, 1.165) is 30.5 Å². The summed E-state index contributed by atoms with van der Waals surface area (Å²) in [5.74, 6) is 0.255. The molecule has 0 aliphatic heterocycles. The topological polar surface area (TPSA) is 78.0 Å². The summed E-state index contributed by atoms with van der Waals surface area (Å²) in [5, 5.41) is 23.4. The molecule has 0 saturated heterocycles. The zero-order chi connectivity index (χ0) is 14.8. The van der Waals surface area contributed by atoms with Crippen LogP contribution >= 0.6 is 11.3 Å². The SMILES string of the molecule is CC[C@@H](NC(=O)c1cc(-c2ccsc2)n[nH]1)C1CC(O)C1. The first-order valence-corrected chi connectivity index (χ1v) is 8.18. The Morgan fingerprint density at radius 2 is 2.43 bits per heavy atom. The number of thiophene rings is 1. The van der Waals surface area contributed by atoms with Gasteiger partial charge in [-0.1, -0.05) is 6.92 Å². The van der Waals surface area contributed by atoms with Crippen molar-refractivity contribution in [2.45, 2.75) is 38.3 Å². The van der Waals surface area contributed by atoms with Crippen molar-refractivity contribution in [1.29, 1.82) is 0 Å². The molecule has 3 rings (SSSR count). The van der Waals surface area contributed by atoms with Crippen molar-refractivity contribution in [2.24, 2.45) is 5.92 Å². The van der Waals surface area contributed by atoms with E-state index in [9.17, 15) is 9.90 Å². The van der Waals surface area contributed by atoms with E-state index >= 15 is 0 Å². The van der Waals surface area contributed by atoms with Gasteiger partial charge in [0.05, 0.1) is 11.8 Å². The minimum atomic E-state index is -0.196. The lowest BCUT2D eigenvalue weighted by atomic mass is 9.76. The molecule has 21 heavy (non-hydrogen) atoms. The Labute approximate surface area is 127 Å². The van der Waals surface area contributed by atoms with Gasteiger partial charge in [-0.15, -0.1) is 0 Å². The first-order valence-electron chi connectivity index (χ1n) is 7.24. The van der Waals surface area contributed by atoms with Crippen LogP contribution in [0.4, 0.5) is 0 Å². The molecule has 1 fully saturated rings. The molecule has 0 radical (unpaired) electrons. The highest BCUT2D eigenvalue weighted by molar-refractivity contribution is 7.08. The van der Waals surface area contributed by atoms with Crippen LogP contribution in [0.1, 0.15) is 36.7 Å². The van der Waals surface area contributed by atoms with Gasteiger partial charge in [0.15, 0.2) is 0 Å². The molecule has 5 nitrogen and oxygen atoms in total. The van der Waals surface area contributed by atoms with E-state index in [-0.39, 0.29) is 18.1 Å². The van der Waals surface area contributed by atoms with Crippen LogP contribution in [0.3, 0.4) is 0 Å². The summed E-state index contributed by atoms with van der Waals surface area (Å²) < 4.78 is 0. The van der Waals surface area contributed by atoms with Gasteiger partial charge in [0.2, 0.25) is 0 Å². The number of H-pyrrole nitrogens is 1. The highest BCUT2D eigenvalue weighted by Crippen LogP contribution is 2.31. The standard InChI is InChI=1S/C15H19N3O2S/c1-2-12(10-5-11(19)6-10)16-15(20)14-7-13(17-18-14)9-3-4-21-8-9/h3-4,7-8,10-12,19H,2,5-6H2,1H3,(H,16,20)(H,17,18)/t10?,11?,12-/m1/s1. The number of hydrogen-bond acceptors (Lipinski definition) is 4. The van der Waals surface area contributed by atoms with Crippen molar-refractivity contribution >= 4 is 17.2 Å².